The molecule has 0 atom stereocenters. The number of benzene rings is 2. The second-order valence-electron chi connectivity index (χ2n) is 7.40. The Kier molecular flexibility index (Phi) is 7.55. The van der Waals surface area contributed by atoms with Gasteiger partial charge in [0.15, 0.2) is 6.61 Å². The number of ether oxygens (including phenoxy) is 2. The van der Waals surface area contributed by atoms with Gasteiger partial charge >= 0.3 is 18.5 Å². The van der Waals surface area contributed by atoms with Crippen molar-refractivity contribution in [1.29, 1.82) is 0 Å². The number of aromatic amines is 1. The number of carbonyl (C=O) groups is 2. The summed E-state index contributed by atoms with van der Waals surface area (Å²) in [7, 11) is 0. The molecule has 1 heterocycles. The number of fused-ring (bicyclic) bond motifs is 1. The Hall–Kier alpha value is -4.10. The zero-order valence-electron chi connectivity index (χ0n) is 18.3. The van der Waals surface area contributed by atoms with Gasteiger partial charge in [-0.1, -0.05) is 12.1 Å². The van der Waals surface area contributed by atoms with Crippen molar-refractivity contribution in [1.82, 2.24) is 15.3 Å². The Balaban J connectivity index is 1.98. The van der Waals surface area contributed by atoms with Gasteiger partial charge in [-0.05, 0) is 47.4 Å². The van der Waals surface area contributed by atoms with E-state index in [1.54, 1.807) is 0 Å². The summed E-state index contributed by atoms with van der Waals surface area (Å²) in [5.74, 6) is -1.81. The first kappa shape index (κ1) is 26.5. The summed E-state index contributed by atoms with van der Waals surface area (Å²) >= 11 is 0. The summed E-state index contributed by atoms with van der Waals surface area (Å²) in [4.78, 5) is 40.2. The third-order valence-electron chi connectivity index (χ3n) is 4.69. The van der Waals surface area contributed by atoms with Crippen LogP contribution in [0.5, 0.6) is 5.75 Å². The molecular formula is C22H17F6N3O5. The molecule has 0 aliphatic heterocycles. The van der Waals surface area contributed by atoms with Crippen molar-refractivity contribution < 1.29 is 45.4 Å². The number of rotatable bonds is 7. The lowest BCUT2D eigenvalue weighted by Gasteiger charge is -2.13. The molecule has 0 saturated carbocycles. The second-order valence-corrected chi connectivity index (χ2v) is 7.40. The van der Waals surface area contributed by atoms with Gasteiger partial charge in [-0.2, -0.15) is 13.2 Å². The fourth-order valence-corrected chi connectivity index (χ4v) is 3.22. The van der Waals surface area contributed by atoms with Gasteiger partial charge in [0.1, 0.15) is 5.75 Å². The first-order valence-electron chi connectivity index (χ1n) is 10.1. The molecule has 0 bridgehead atoms. The molecule has 36 heavy (non-hydrogen) atoms. The van der Waals surface area contributed by atoms with E-state index in [2.05, 4.69) is 24.8 Å². The maximum absolute atomic E-state index is 13.2. The molecule has 0 spiro atoms. The lowest BCUT2D eigenvalue weighted by molar-refractivity contribution is -0.274. The van der Waals surface area contributed by atoms with Crippen LogP contribution in [0.25, 0.3) is 22.2 Å². The van der Waals surface area contributed by atoms with Crippen molar-refractivity contribution in [3.8, 4) is 16.9 Å². The topological polar surface area (TPSA) is 110 Å². The molecule has 0 radical (unpaired) electrons. The smallest absolute Gasteiger partial charge is 0.456 e. The van der Waals surface area contributed by atoms with Gasteiger partial charge in [-0.25, -0.2) is 4.98 Å². The number of esters is 1. The van der Waals surface area contributed by atoms with Gasteiger partial charge in [0.25, 0.3) is 11.5 Å². The number of nitrogens with zero attached hydrogens (tertiary/aromatic N) is 1. The van der Waals surface area contributed by atoms with Crippen LogP contribution in [0.4, 0.5) is 26.3 Å². The van der Waals surface area contributed by atoms with Crippen LogP contribution in [0.1, 0.15) is 18.2 Å². The van der Waals surface area contributed by atoms with Crippen LogP contribution < -0.4 is 15.6 Å². The number of carbonyl (C=O) groups excluding carboxylic acids is 2. The molecule has 0 aliphatic carbocycles. The molecule has 1 amide bonds. The van der Waals surface area contributed by atoms with Crippen LogP contribution >= 0.6 is 0 Å². The molecule has 8 nitrogen and oxygen atoms in total. The van der Waals surface area contributed by atoms with Crippen LogP contribution in [0.2, 0.25) is 0 Å². The van der Waals surface area contributed by atoms with Gasteiger partial charge < -0.3 is 19.8 Å². The molecule has 3 rings (SSSR count). The summed E-state index contributed by atoms with van der Waals surface area (Å²) in [6, 6.07) is 7.45. The highest BCUT2D eigenvalue weighted by Crippen LogP contribution is 2.31. The van der Waals surface area contributed by atoms with Crippen molar-refractivity contribution in [2.45, 2.75) is 25.9 Å². The Morgan fingerprint density at radius 1 is 1.03 bits per heavy atom. The zero-order chi connectivity index (χ0) is 26.7. The first-order chi connectivity index (χ1) is 16.7. The zero-order valence-corrected chi connectivity index (χ0v) is 18.3. The summed E-state index contributed by atoms with van der Waals surface area (Å²) in [5, 5.41) is 2.43. The predicted octanol–water partition coefficient (Wildman–Crippen LogP) is 3.73. The van der Waals surface area contributed by atoms with Crippen LogP contribution in [0.3, 0.4) is 0 Å². The average Bonchev–Trinajstić information content (AvgIpc) is 2.75. The highest BCUT2D eigenvalue weighted by molar-refractivity contribution is 5.85. The molecule has 2 N–H and O–H groups in total. The van der Waals surface area contributed by atoms with E-state index in [-0.39, 0.29) is 29.6 Å². The number of H-pyrrole nitrogens is 1. The van der Waals surface area contributed by atoms with Crippen LogP contribution in [0, 0.1) is 0 Å². The molecule has 0 fully saturated rings. The molecule has 0 aliphatic rings. The maximum atomic E-state index is 13.2. The number of halogens is 6. The van der Waals surface area contributed by atoms with E-state index in [1.165, 1.54) is 24.3 Å². The van der Waals surface area contributed by atoms with Crippen molar-refractivity contribution in [2.24, 2.45) is 0 Å². The molecule has 0 unspecified atom stereocenters. The van der Waals surface area contributed by atoms with Crippen molar-refractivity contribution >= 4 is 22.9 Å². The van der Waals surface area contributed by atoms with E-state index in [9.17, 15) is 40.7 Å². The van der Waals surface area contributed by atoms with Crippen LogP contribution in [-0.2, 0) is 26.9 Å². The lowest BCUT2D eigenvalue weighted by Crippen LogP contribution is -2.30. The van der Waals surface area contributed by atoms with E-state index in [4.69, 9.17) is 0 Å². The third kappa shape index (κ3) is 6.96. The number of aromatic nitrogens is 2. The molecular weight excluding hydrogens is 500 g/mol. The maximum Gasteiger partial charge on any atom is 0.573 e. The van der Waals surface area contributed by atoms with Crippen molar-refractivity contribution in [2.75, 3.05) is 13.2 Å². The van der Waals surface area contributed by atoms with E-state index < -0.39 is 48.0 Å². The minimum Gasteiger partial charge on any atom is -0.456 e. The molecule has 3 aromatic rings. The Morgan fingerprint density at radius 2 is 1.69 bits per heavy atom. The molecule has 14 heteroatoms. The standard InChI is InChI=1S/C22H17F6N3O5/c1-11(32)35-10-17(33)29-7-6-13-8-14(12-2-4-15(5-3-12)36-22(26,27)28)9-16-18(13)31-19(20(34)30-16)21(23,24)25/h2-5,8-9H,6-7,10H2,1H3,(H,29,33)(H,30,34). The SMILES string of the molecule is CC(=O)OCC(=O)NCCc1cc(-c2ccc(OC(F)(F)F)cc2)cc2[nH]c(=O)c(C(F)(F)F)nc12. The molecule has 1 aromatic heterocycles. The summed E-state index contributed by atoms with van der Waals surface area (Å²) < 4.78 is 85.3. The highest BCUT2D eigenvalue weighted by atomic mass is 19.4. The van der Waals surface area contributed by atoms with Crippen LogP contribution in [-0.4, -0.2) is 41.4 Å². The van der Waals surface area contributed by atoms with Gasteiger partial charge in [0.2, 0.25) is 5.69 Å². The average molecular weight is 517 g/mol. The fourth-order valence-electron chi connectivity index (χ4n) is 3.22. The quantitative estimate of drug-likeness (QED) is 0.365. The Morgan fingerprint density at radius 3 is 2.28 bits per heavy atom. The van der Waals surface area contributed by atoms with Gasteiger partial charge in [0, 0.05) is 13.5 Å². The number of nitrogens with one attached hydrogen (secondary N) is 2. The van der Waals surface area contributed by atoms with E-state index in [1.807, 2.05) is 0 Å². The number of hydrogen-bond donors (Lipinski definition) is 2. The van der Waals surface area contributed by atoms with Gasteiger partial charge in [0.05, 0.1) is 11.0 Å². The molecule has 0 saturated heterocycles. The first-order valence-corrected chi connectivity index (χ1v) is 10.1. The summed E-state index contributed by atoms with van der Waals surface area (Å²) in [6.45, 7) is 0.475. The van der Waals surface area contributed by atoms with E-state index in [0.29, 0.717) is 11.1 Å². The molecule has 192 valence electrons. The number of hydrogen-bond acceptors (Lipinski definition) is 6. The monoisotopic (exact) mass is 517 g/mol. The second kappa shape index (κ2) is 10.3. The number of amides is 1. The fraction of sp³-hybridized carbons (Fsp3) is 0.273. The lowest BCUT2D eigenvalue weighted by atomic mass is 9.99. The Labute approximate surface area is 198 Å². The van der Waals surface area contributed by atoms with E-state index >= 15 is 0 Å². The van der Waals surface area contributed by atoms with Gasteiger partial charge in [-0.3, -0.25) is 14.4 Å². The summed E-state index contributed by atoms with van der Waals surface area (Å²) in [5.41, 5.74) is -2.45. The minimum atomic E-state index is -5.02. The minimum absolute atomic E-state index is 0.0399. The highest BCUT2D eigenvalue weighted by Gasteiger charge is 2.36. The normalized spacial score (nSPS) is 11.9. The summed E-state index contributed by atoms with van der Waals surface area (Å²) in [6.07, 6.45) is -9.95. The van der Waals surface area contributed by atoms with Crippen molar-refractivity contribution in [3.63, 3.8) is 0 Å². The third-order valence-corrected chi connectivity index (χ3v) is 4.69. The predicted molar refractivity (Wildman–Crippen MR) is 113 cm³/mol. The van der Waals surface area contributed by atoms with Crippen molar-refractivity contribution in [3.05, 3.63) is 58.0 Å². The van der Waals surface area contributed by atoms with E-state index in [0.717, 1.165) is 19.1 Å². The number of alkyl halides is 6. The van der Waals surface area contributed by atoms with Crippen LogP contribution in [0.15, 0.2) is 41.2 Å². The largest absolute Gasteiger partial charge is 0.573 e. The van der Waals surface area contributed by atoms with Gasteiger partial charge in [-0.15, -0.1) is 13.2 Å². The molecule has 2 aromatic carbocycles. The Bertz CT molecular complexity index is 1330.